The summed E-state index contributed by atoms with van der Waals surface area (Å²) in [5.41, 5.74) is 1.51. The molecule has 2 aromatic rings. The Kier molecular flexibility index (Phi) is 4.29. The highest BCUT2D eigenvalue weighted by Crippen LogP contribution is 2.34. The molecule has 116 valence electrons. The monoisotopic (exact) mass is 306 g/mol. The number of rotatable bonds is 5. The number of nitriles is 1. The first kappa shape index (κ1) is 15.1. The molecule has 1 fully saturated rings. The summed E-state index contributed by atoms with van der Waals surface area (Å²) in [6.07, 6.45) is 7.10. The van der Waals surface area contributed by atoms with E-state index in [0.29, 0.717) is 11.6 Å². The quantitative estimate of drug-likeness (QED) is 0.787. The van der Waals surface area contributed by atoms with Crippen molar-refractivity contribution in [1.82, 2.24) is 4.90 Å². The number of carbonyl (C=O) groups is 1. The fourth-order valence-electron chi connectivity index (χ4n) is 2.63. The summed E-state index contributed by atoms with van der Waals surface area (Å²) in [5.74, 6) is 0.790. The Labute approximate surface area is 135 Å². The first-order valence-electron chi connectivity index (χ1n) is 7.73. The van der Waals surface area contributed by atoms with Crippen LogP contribution in [0.4, 0.5) is 0 Å². The van der Waals surface area contributed by atoms with E-state index in [9.17, 15) is 4.79 Å². The molecular weight excluding hydrogens is 288 g/mol. The van der Waals surface area contributed by atoms with Crippen molar-refractivity contribution in [2.75, 3.05) is 0 Å². The van der Waals surface area contributed by atoms with Gasteiger partial charge in [-0.3, -0.25) is 4.79 Å². The largest absolute Gasteiger partial charge is 0.467 e. The topological polar surface area (TPSA) is 57.2 Å². The van der Waals surface area contributed by atoms with Gasteiger partial charge >= 0.3 is 0 Å². The molecular formula is C19H18N2O2. The Morgan fingerprint density at radius 2 is 2.09 bits per heavy atom. The zero-order valence-electron chi connectivity index (χ0n) is 13.0. The molecule has 4 heteroatoms. The van der Waals surface area contributed by atoms with Crippen molar-refractivity contribution in [1.29, 1.82) is 5.26 Å². The molecule has 0 unspecified atom stereocenters. The predicted molar refractivity (Wildman–Crippen MR) is 87.2 cm³/mol. The average molecular weight is 306 g/mol. The molecule has 1 heterocycles. The third-order valence-corrected chi connectivity index (χ3v) is 4.03. The molecule has 1 amide bonds. The van der Waals surface area contributed by atoms with Crippen LogP contribution in [0, 0.1) is 11.3 Å². The fraction of sp³-hybridized carbons (Fsp3) is 0.263. The maximum absolute atomic E-state index is 12.6. The van der Waals surface area contributed by atoms with Crippen molar-refractivity contribution in [3.63, 3.8) is 0 Å². The SMILES string of the molecule is C[C@H](c1ccco1)N(C(=O)/C=C/c1ccc(C#N)cc1)C1CC1. The standard InChI is InChI=1S/C19H18N2O2/c1-14(18-3-2-12-23-18)21(17-9-10-17)19(22)11-8-15-4-6-16(13-20)7-5-15/h2-8,11-12,14,17H,9-10H2,1H3/b11-8+/t14-/m1/s1. The number of furan rings is 1. The van der Waals surface area contributed by atoms with Crippen LogP contribution in [0.1, 0.15) is 42.7 Å². The van der Waals surface area contributed by atoms with Gasteiger partial charge in [0.2, 0.25) is 5.91 Å². The maximum Gasteiger partial charge on any atom is 0.247 e. The van der Waals surface area contributed by atoms with Gasteiger partial charge in [0.1, 0.15) is 5.76 Å². The van der Waals surface area contributed by atoms with Crippen molar-refractivity contribution in [2.45, 2.75) is 31.8 Å². The van der Waals surface area contributed by atoms with Gasteiger partial charge in [-0.1, -0.05) is 12.1 Å². The molecule has 1 aliphatic carbocycles. The van der Waals surface area contributed by atoms with Gasteiger partial charge in [-0.05, 0) is 55.7 Å². The van der Waals surface area contributed by atoms with Crippen molar-refractivity contribution in [3.8, 4) is 6.07 Å². The highest BCUT2D eigenvalue weighted by Gasteiger charge is 2.36. The van der Waals surface area contributed by atoms with E-state index in [0.717, 1.165) is 24.2 Å². The van der Waals surface area contributed by atoms with Crippen LogP contribution in [0.2, 0.25) is 0 Å². The van der Waals surface area contributed by atoms with Crippen molar-refractivity contribution >= 4 is 12.0 Å². The molecule has 0 aliphatic heterocycles. The van der Waals surface area contributed by atoms with E-state index in [2.05, 4.69) is 6.07 Å². The molecule has 1 aromatic carbocycles. The van der Waals surface area contributed by atoms with Gasteiger partial charge in [0, 0.05) is 12.1 Å². The van der Waals surface area contributed by atoms with E-state index < -0.39 is 0 Å². The van der Waals surface area contributed by atoms with E-state index in [1.807, 2.05) is 36.1 Å². The highest BCUT2D eigenvalue weighted by atomic mass is 16.3. The van der Waals surface area contributed by atoms with Gasteiger partial charge in [-0.15, -0.1) is 0 Å². The van der Waals surface area contributed by atoms with E-state index in [-0.39, 0.29) is 11.9 Å². The number of amides is 1. The lowest BCUT2D eigenvalue weighted by Gasteiger charge is -2.26. The van der Waals surface area contributed by atoms with E-state index in [4.69, 9.17) is 9.68 Å². The highest BCUT2D eigenvalue weighted by molar-refractivity contribution is 5.92. The van der Waals surface area contributed by atoms with Crippen LogP contribution >= 0.6 is 0 Å². The Morgan fingerprint density at radius 3 is 2.65 bits per heavy atom. The van der Waals surface area contributed by atoms with Gasteiger partial charge in [0.25, 0.3) is 0 Å². The second-order valence-corrected chi connectivity index (χ2v) is 5.74. The normalized spacial score (nSPS) is 15.3. The van der Waals surface area contributed by atoms with Gasteiger partial charge < -0.3 is 9.32 Å². The van der Waals surface area contributed by atoms with Crippen LogP contribution in [0.3, 0.4) is 0 Å². The summed E-state index contributed by atoms with van der Waals surface area (Å²) in [4.78, 5) is 14.5. The Balaban J connectivity index is 1.73. The number of hydrogen-bond donors (Lipinski definition) is 0. The minimum atomic E-state index is -0.0735. The summed E-state index contributed by atoms with van der Waals surface area (Å²) < 4.78 is 5.44. The molecule has 0 saturated heterocycles. The third kappa shape index (κ3) is 3.51. The summed E-state index contributed by atoms with van der Waals surface area (Å²) >= 11 is 0. The van der Waals surface area contributed by atoms with Crippen LogP contribution < -0.4 is 0 Å². The van der Waals surface area contributed by atoms with Crippen LogP contribution in [-0.4, -0.2) is 16.8 Å². The molecule has 1 atom stereocenters. The lowest BCUT2D eigenvalue weighted by molar-refractivity contribution is -0.129. The number of hydrogen-bond acceptors (Lipinski definition) is 3. The van der Waals surface area contributed by atoms with Crippen LogP contribution in [0.15, 0.2) is 53.2 Å². The first-order chi connectivity index (χ1) is 11.2. The molecule has 0 radical (unpaired) electrons. The van der Waals surface area contributed by atoms with Crippen LogP contribution in [-0.2, 0) is 4.79 Å². The first-order valence-corrected chi connectivity index (χ1v) is 7.73. The molecule has 0 spiro atoms. The molecule has 0 bridgehead atoms. The number of benzene rings is 1. The zero-order chi connectivity index (χ0) is 16.2. The second-order valence-electron chi connectivity index (χ2n) is 5.74. The van der Waals surface area contributed by atoms with E-state index in [1.165, 1.54) is 0 Å². The molecule has 3 rings (SSSR count). The maximum atomic E-state index is 12.6. The predicted octanol–water partition coefficient (Wildman–Crippen LogP) is 3.92. The molecule has 1 aromatic heterocycles. The molecule has 1 saturated carbocycles. The van der Waals surface area contributed by atoms with E-state index >= 15 is 0 Å². The minimum Gasteiger partial charge on any atom is -0.467 e. The Bertz CT molecular complexity index is 735. The van der Waals surface area contributed by atoms with Crippen molar-refractivity contribution in [3.05, 3.63) is 65.6 Å². The van der Waals surface area contributed by atoms with Crippen LogP contribution in [0.25, 0.3) is 6.08 Å². The fourth-order valence-corrected chi connectivity index (χ4v) is 2.63. The molecule has 1 aliphatic rings. The smallest absolute Gasteiger partial charge is 0.247 e. The molecule has 4 nitrogen and oxygen atoms in total. The summed E-state index contributed by atoms with van der Waals surface area (Å²) in [6, 6.07) is 13.2. The minimum absolute atomic E-state index is 0.0132. The molecule has 23 heavy (non-hydrogen) atoms. The number of carbonyl (C=O) groups excluding carboxylic acids is 1. The van der Waals surface area contributed by atoms with E-state index in [1.54, 1.807) is 30.5 Å². The lowest BCUT2D eigenvalue weighted by Crippen LogP contribution is -2.34. The summed E-state index contributed by atoms with van der Waals surface area (Å²) in [7, 11) is 0. The summed E-state index contributed by atoms with van der Waals surface area (Å²) in [6.45, 7) is 1.99. The second kappa shape index (κ2) is 6.53. The molecule has 0 N–H and O–H groups in total. The summed E-state index contributed by atoms with van der Waals surface area (Å²) in [5, 5.41) is 8.80. The Morgan fingerprint density at radius 1 is 1.35 bits per heavy atom. The van der Waals surface area contributed by atoms with Gasteiger partial charge in [-0.25, -0.2) is 0 Å². The van der Waals surface area contributed by atoms with Crippen molar-refractivity contribution < 1.29 is 9.21 Å². The zero-order valence-corrected chi connectivity index (χ0v) is 13.0. The Hall–Kier alpha value is -2.80. The van der Waals surface area contributed by atoms with Gasteiger partial charge in [0.15, 0.2) is 0 Å². The van der Waals surface area contributed by atoms with Gasteiger partial charge in [0.05, 0.1) is 23.9 Å². The average Bonchev–Trinajstić information content (AvgIpc) is 3.25. The number of nitrogens with zero attached hydrogens (tertiary/aromatic N) is 2. The van der Waals surface area contributed by atoms with Crippen LogP contribution in [0.5, 0.6) is 0 Å². The lowest BCUT2D eigenvalue weighted by atomic mass is 10.1. The van der Waals surface area contributed by atoms with Crippen molar-refractivity contribution in [2.24, 2.45) is 0 Å². The third-order valence-electron chi connectivity index (χ3n) is 4.03. The van der Waals surface area contributed by atoms with Gasteiger partial charge in [-0.2, -0.15) is 5.26 Å².